The summed E-state index contributed by atoms with van der Waals surface area (Å²) in [5.41, 5.74) is 3.05. The van der Waals surface area contributed by atoms with Crippen molar-refractivity contribution in [1.29, 1.82) is 0 Å². The van der Waals surface area contributed by atoms with Crippen molar-refractivity contribution < 1.29 is 12.8 Å². The first kappa shape index (κ1) is 22.7. The summed E-state index contributed by atoms with van der Waals surface area (Å²) in [5, 5.41) is -0.0131. The molecule has 0 radical (unpaired) electrons. The van der Waals surface area contributed by atoms with E-state index in [0.29, 0.717) is 48.8 Å². The second-order valence-corrected chi connectivity index (χ2v) is 11.9. The number of amidine groups is 1. The van der Waals surface area contributed by atoms with Crippen LogP contribution in [-0.4, -0.2) is 42.0 Å². The van der Waals surface area contributed by atoms with Crippen molar-refractivity contribution in [1.82, 2.24) is 14.6 Å². The van der Waals surface area contributed by atoms with Crippen molar-refractivity contribution in [2.75, 3.05) is 6.54 Å². The minimum Gasteiger partial charge on any atom is -0.326 e. The van der Waals surface area contributed by atoms with Crippen LogP contribution in [0.4, 0.5) is 4.39 Å². The molecule has 3 heterocycles. The molecule has 180 valence electrons. The molecule has 1 aromatic carbocycles. The average Bonchev–Trinajstić information content (AvgIpc) is 3.75. The first-order valence-electron chi connectivity index (χ1n) is 11.9. The van der Waals surface area contributed by atoms with Crippen LogP contribution in [0.2, 0.25) is 5.02 Å². The minimum absolute atomic E-state index is 0.280. The van der Waals surface area contributed by atoms with Gasteiger partial charge in [0.05, 0.1) is 10.8 Å². The largest absolute Gasteiger partial charge is 0.326 e. The normalized spacial score (nSPS) is 24.1. The minimum atomic E-state index is -3.36. The van der Waals surface area contributed by atoms with E-state index in [0.717, 1.165) is 24.1 Å². The van der Waals surface area contributed by atoms with Crippen molar-refractivity contribution in [3.63, 3.8) is 0 Å². The Bertz CT molecular complexity index is 1410. The number of hydrogen-bond acceptors (Lipinski definition) is 5. The molecule has 0 spiro atoms. The van der Waals surface area contributed by atoms with Crippen LogP contribution in [0.5, 0.6) is 0 Å². The quantitative estimate of drug-likeness (QED) is 0.612. The third kappa shape index (κ3) is 4.61. The van der Waals surface area contributed by atoms with E-state index in [-0.39, 0.29) is 16.3 Å². The second-order valence-electron chi connectivity index (χ2n) is 9.51. The van der Waals surface area contributed by atoms with Gasteiger partial charge in [-0.2, -0.15) is 0 Å². The molecule has 1 unspecified atom stereocenters. The summed E-state index contributed by atoms with van der Waals surface area (Å²) in [5.74, 6) is 7.29. The lowest BCUT2D eigenvalue weighted by Gasteiger charge is -2.31. The number of aromatic nitrogens is 1. The van der Waals surface area contributed by atoms with Gasteiger partial charge in [0.15, 0.2) is 5.84 Å². The zero-order chi connectivity index (χ0) is 24.2. The van der Waals surface area contributed by atoms with Crippen LogP contribution in [0.15, 0.2) is 58.9 Å². The molecule has 1 N–H and O–H groups in total. The van der Waals surface area contributed by atoms with Gasteiger partial charge in [-0.3, -0.25) is 9.98 Å². The van der Waals surface area contributed by atoms with Gasteiger partial charge in [-0.1, -0.05) is 35.6 Å². The van der Waals surface area contributed by atoms with Crippen molar-refractivity contribution in [3.05, 3.63) is 76.0 Å². The number of hydrogen-bond donors (Lipinski definition) is 1. The Morgan fingerprint density at radius 3 is 2.66 bits per heavy atom. The molecule has 0 bridgehead atoms. The highest BCUT2D eigenvalue weighted by atomic mass is 35.5. The fraction of sp³-hybridized carbons (Fsp3) is 0.385. The van der Waals surface area contributed by atoms with Crippen LogP contribution < -0.4 is 4.72 Å². The Morgan fingerprint density at radius 2 is 1.97 bits per heavy atom. The lowest BCUT2D eigenvalue weighted by atomic mass is 9.94. The molecule has 2 aromatic rings. The Morgan fingerprint density at radius 1 is 1.14 bits per heavy atom. The summed E-state index contributed by atoms with van der Waals surface area (Å²) in [6.45, 7) is 0.440. The van der Waals surface area contributed by atoms with Crippen molar-refractivity contribution >= 4 is 27.5 Å². The monoisotopic (exact) mass is 510 g/mol. The van der Waals surface area contributed by atoms with Crippen LogP contribution in [-0.2, 0) is 10.0 Å². The van der Waals surface area contributed by atoms with E-state index in [9.17, 15) is 12.8 Å². The number of pyridine rings is 1. The van der Waals surface area contributed by atoms with Gasteiger partial charge in [0.25, 0.3) is 0 Å². The first-order valence-corrected chi connectivity index (χ1v) is 13.8. The number of nitrogens with one attached hydrogen (secondary N) is 1. The summed E-state index contributed by atoms with van der Waals surface area (Å²) in [7, 11) is -3.36. The fourth-order valence-corrected chi connectivity index (χ4v) is 6.45. The van der Waals surface area contributed by atoms with E-state index < -0.39 is 21.9 Å². The van der Waals surface area contributed by atoms with Crippen LogP contribution in [0, 0.1) is 23.6 Å². The predicted octanol–water partition coefficient (Wildman–Crippen LogP) is 4.20. The van der Waals surface area contributed by atoms with Crippen molar-refractivity contribution in [2.24, 2.45) is 10.9 Å². The molecule has 4 aliphatic rings. The third-order valence-corrected chi connectivity index (χ3v) is 9.03. The number of benzene rings is 1. The molecule has 1 saturated heterocycles. The number of rotatable bonds is 5. The molecule has 2 saturated carbocycles. The zero-order valence-electron chi connectivity index (χ0n) is 18.9. The van der Waals surface area contributed by atoms with Crippen LogP contribution in [0.1, 0.15) is 49.4 Å². The average molecular weight is 511 g/mol. The van der Waals surface area contributed by atoms with Gasteiger partial charge >= 0.3 is 0 Å². The smallest absolute Gasteiger partial charge is 0.214 e. The van der Waals surface area contributed by atoms with Crippen LogP contribution in [0.25, 0.3) is 0 Å². The van der Waals surface area contributed by atoms with Gasteiger partial charge in [-0.05, 0) is 49.9 Å². The molecule has 6 rings (SSSR count). The van der Waals surface area contributed by atoms with E-state index in [1.54, 1.807) is 12.3 Å². The molecule has 2 aliphatic carbocycles. The molecule has 0 amide bonds. The Kier molecular flexibility index (Phi) is 5.67. The Balaban J connectivity index is 1.47. The van der Waals surface area contributed by atoms with Crippen LogP contribution in [0.3, 0.4) is 0 Å². The zero-order valence-corrected chi connectivity index (χ0v) is 20.5. The highest BCUT2D eigenvalue weighted by molar-refractivity contribution is 7.90. The van der Waals surface area contributed by atoms with Gasteiger partial charge in [0.2, 0.25) is 10.0 Å². The van der Waals surface area contributed by atoms with Gasteiger partial charge < -0.3 is 4.90 Å². The van der Waals surface area contributed by atoms with E-state index in [1.807, 2.05) is 23.1 Å². The van der Waals surface area contributed by atoms with Crippen molar-refractivity contribution in [2.45, 2.75) is 49.4 Å². The molecule has 9 heteroatoms. The topological polar surface area (TPSA) is 74.7 Å². The maximum absolute atomic E-state index is 13.9. The molecule has 1 aromatic heterocycles. The summed E-state index contributed by atoms with van der Waals surface area (Å²) < 4.78 is 42.2. The molecule has 3 fully saturated rings. The van der Waals surface area contributed by atoms with Gasteiger partial charge in [-0.25, -0.2) is 17.5 Å². The lowest BCUT2D eigenvalue weighted by molar-refractivity contribution is 0.512. The van der Waals surface area contributed by atoms with Gasteiger partial charge in [0, 0.05) is 47.4 Å². The molecular formula is C26H24ClFN4O2S. The number of sulfonamides is 1. The summed E-state index contributed by atoms with van der Waals surface area (Å²) in [6.07, 6.45) is 5.76. The molecule has 2 aliphatic heterocycles. The van der Waals surface area contributed by atoms with Crippen LogP contribution >= 0.6 is 11.6 Å². The molecule has 35 heavy (non-hydrogen) atoms. The maximum atomic E-state index is 13.9. The standard InChI is InChI=1S/C26H24ClFN4O2S/c27-22-13-17(28)7-11-20(22)25-21(10-6-16-4-5-16)24-14-18(31-35(33,34)19-8-9-19)15-32(24)26(30-25)23-3-1-2-12-29-23/h1-3,7,11-13,16,18-19,25,31H,4-5,8-9,14-15H2/t18?,25-/m0/s1. The number of aliphatic imine (C=N–C) groups is 1. The third-order valence-electron chi connectivity index (χ3n) is 6.69. The van der Waals surface area contributed by atoms with Gasteiger partial charge in [-0.15, -0.1) is 0 Å². The Labute approximate surface area is 209 Å². The summed E-state index contributed by atoms with van der Waals surface area (Å²) in [4.78, 5) is 11.6. The predicted molar refractivity (Wildman–Crippen MR) is 133 cm³/mol. The summed E-state index contributed by atoms with van der Waals surface area (Å²) >= 11 is 6.50. The number of fused-ring (bicyclic) bond motifs is 1. The number of nitrogens with zero attached hydrogens (tertiary/aromatic N) is 3. The highest BCUT2D eigenvalue weighted by Gasteiger charge is 2.43. The molecule has 6 nitrogen and oxygen atoms in total. The fourth-order valence-electron chi connectivity index (χ4n) is 4.60. The highest BCUT2D eigenvalue weighted by Crippen LogP contribution is 2.42. The van der Waals surface area contributed by atoms with E-state index >= 15 is 0 Å². The van der Waals surface area contributed by atoms with Gasteiger partial charge in [0.1, 0.15) is 17.6 Å². The SMILES string of the molecule is O=S(=O)(NC1CC2=C(C#CC3CC3)[C@H](c3ccc(F)cc3Cl)N=C(c3ccccn3)N2C1)C1CC1. The van der Waals surface area contributed by atoms with E-state index in [2.05, 4.69) is 21.5 Å². The van der Waals surface area contributed by atoms with Crippen molar-refractivity contribution in [3.8, 4) is 11.8 Å². The number of halogens is 2. The lowest BCUT2D eigenvalue weighted by Crippen LogP contribution is -2.40. The molecular weight excluding hydrogens is 487 g/mol. The second kappa shape index (κ2) is 8.74. The van der Waals surface area contributed by atoms with E-state index in [1.165, 1.54) is 12.1 Å². The van der Waals surface area contributed by atoms with E-state index in [4.69, 9.17) is 16.6 Å². The molecule has 2 atom stereocenters. The maximum Gasteiger partial charge on any atom is 0.214 e. The Hall–Kier alpha value is -2.73. The first-order chi connectivity index (χ1) is 16.9. The summed E-state index contributed by atoms with van der Waals surface area (Å²) in [6, 6.07) is 9.09.